The van der Waals surface area contributed by atoms with Gasteiger partial charge in [-0.1, -0.05) is 25.9 Å². The topological polar surface area (TPSA) is 87.4 Å². The molecule has 2 aromatic rings. The van der Waals surface area contributed by atoms with Crippen LogP contribution in [0.2, 0.25) is 0 Å². The SMILES string of the molecule is CC(C)(C)c1cc(NC(=O)N2CCCCN2c2cnc(C(F)(F)F)cn2)on1. The summed E-state index contributed by atoms with van der Waals surface area (Å²) in [5.41, 5.74) is -0.632. The van der Waals surface area contributed by atoms with E-state index >= 15 is 0 Å². The lowest BCUT2D eigenvalue weighted by molar-refractivity contribution is -0.141. The van der Waals surface area contributed by atoms with Crippen molar-refractivity contribution in [2.45, 2.75) is 45.2 Å². The Morgan fingerprint density at radius 2 is 1.82 bits per heavy atom. The van der Waals surface area contributed by atoms with Gasteiger partial charge in [-0.25, -0.2) is 19.8 Å². The highest BCUT2D eigenvalue weighted by Gasteiger charge is 2.34. The maximum atomic E-state index is 12.7. The zero-order chi connectivity index (χ0) is 20.5. The Bertz CT molecular complexity index is 829. The second-order valence-corrected chi connectivity index (χ2v) is 7.47. The number of alkyl halides is 3. The number of anilines is 2. The van der Waals surface area contributed by atoms with Crippen LogP contribution in [0.3, 0.4) is 0 Å². The van der Waals surface area contributed by atoms with Crippen LogP contribution in [-0.4, -0.2) is 39.3 Å². The molecule has 0 spiro atoms. The molecule has 0 aliphatic carbocycles. The number of amides is 2. The summed E-state index contributed by atoms with van der Waals surface area (Å²) in [5.74, 6) is 0.356. The molecule has 0 saturated carbocycles. The summed E-state index contributed by atoms with van der Waals surface area (Å²) in [7, 11) is 0. The first-order chi connectivity index (χ1) is 13.1. The average Bonchev–Trinajstić information content (AvgIpc) is 3.10. The van der Waals surface area contributed by atoms with Crippen LogP contribution in [0.25, 0.3) is 0 Å². The van der Waals surface area contributed by atoms with Gasteiger partial charge in [0.2, 0.25) is 5.88 Å². The number of nitrogens with zero attached hydrogens (tertiary/aromatic N) is 5. The first-order valence-electron chi connectivity index (χ1n) is 8.78. The zero-order valence-corrected chi connectivity index (χ0v) is 15.7. The number of hydrogen-bond donors (Lipinski definition) is 1. The number of carbonyl (C=O) groups is 1. The number of urea groups is 1. The molecule has 11 heteroatoms. The van der Waals surface area contributed by atoms with E-state index < -0.39 is 17.9 Å². The second-order valence-electron chi connectivity index (χ2n) is 7.47. The van der Waals surface area contributed by atoms with Gasteiger partial charge in [-0.15, -0.1) is 0 Å². The number of aromatic nitrogens is 3. The molecule has 3 heterocycles. The van der Waals surface area contributed by atoms with Gasteiger partial charge in [0.15, 0.2) is 11.5 Å². The highest BCUT2D eigenvalue weighted by Crippen LogP contribution is 2.28. The molecule has 1 fully saturated rings. The van der Waals surface area contributed by atoms with Crippen LogP contribution in [-0.2, 0) is 11.6 Å². The van der Waals surface area contributed by atoms with E-state index in [4.69, 9.17) is 4.52 Å². The fourth-order valence-corrected chi connectivity index (χ4v) is 2.67. The van der Waals surface area contributed by atoms with E-state index in [9.17, 15) is 18.0 Å². The first kappa shape index (κ1) is 19.9. The Morgan fingerprint density at radius 1 is 1.11 bits per heavy atom. The quantitative estimate of drug-likeness (QED) is 0.827. The van der Waals surface area contributed by atoms with Crippen molar-refractivity contribution in [3.8, 4) is 0 Å². The molecule has 0 aromatic carbocycles. The van der Waals surface area contributed by atoms with E-state index in [1.165, 1.54) is 10.0 Å². The van der Waals surface area contributed by atoms with Gasteiger partial charge in [0.25, 0.3) is 0 Å². The molecule has 8 nitrogen and oxygen atoms in total. The van der Waals surface area contributed by atoms with Crippen molar-refractivity contribution in [3.05, 3.63) is 29.8 Å². The molecular weight excluding hydrogens is 377 g/mol. The van der Waals surface area contributed by atoms with Crippen LogP contribution in [0.4, 0.5) is 29.7 Å². The Labute approximate surface area is 159 Å². The molecule has 0 radical (unpaired) electrons. The minimum atomic E-state index is -4.57. The van der Waals surface area contributed by atoms with Crippen molar-refractivity contribution in [1.29, 1.82) is 0 Å². The van der Waals surface area contributed by atoms with Gasteiger partial charge in [0.1, 0.15) is 0 Å². The van der Waals surface area contributed by atoms with Crippen LogP contribution in [0, 0.1) is 0 Å². The van der Waals surface area contributed by atoms with Gasteiger partial charge in [-0.05, 0) is 12.8 Å². The van der Waals surface area contributed by atoms with Crippen molar-refractivity contribution in [2.75, 3.05) is 23.4 Å². The molecule has 0 atom stereocenters. The Hall–Kier alpha value is -2.85. The van der Waals surface area contributed by atoms with E-state index in [-0.39, 0.29) is 17.1 Å². The van der Waals surface area contributed by atoms with Gasteiger partial charge in [-0.3, -0.25) is 10.3 Å². The summed E-state index contributed by atoms with van der Waals surface area (Å²) in [5, 5.41) is 9.45. The van der Waals surface area contributed by atoms with Crippen molar-refractivity contribution >= 4 is 17.7 Å². The fraction of sp³-hybridized carbons (Fsp3) is 0.529. The number of carbonyl (C=O) groups excluding carboxylic acids is 1. The molecule has 0 unspecified atom stereocenters. The maximum absolute atomic E-state index is 12.7. The van der Waals surface area contributed by atoms with Gasteiger partial charge in [0, 0.05) is 24.6 Å². The van der Waals surface area contributed by atoms with Crippen LogP contribution < -0.4 is 10.3 Å². The number of hydrazine groups is 1. The normalized spacial score (nSPS) is 15.6. The minimum Gasteiger partial charge on any atom is -0.338 e. The van der Waals surface area contributed by atoms with Gasteiger partial charge < -0.3 is 4.52 Å². The van der Waals surface area contributed by atoms with Crippen molar-refractivity contribution in [1.82, 2.24) is 20.1 Å². The summed E-state index contributed by atoms with van der Waals surface area (Å²) in [6.07, 6.45) is -1.38. The van der Waals surface area contributed by atoms with E-state index in [0.717, 1.165) is 19.0 Å². The Balaban J connectivity index is 1.75. The molecule has 28 heavy (non-hydrogen) atoms. The first-order valence-corrected chi connectivity index (χ1v) is 8.78. The average molecular weight is 398 g/mol. The number of rotatable bonds is 2. The van der Waals surface area contributed by atoms with Crippen LogP contribution in [0.1, 0.15) is 45.0 Å². The predicted octanol–water partition coefficient (Wildman–Crippen LogP) is 3.83. The zero-order valence-electron chi connectivity index (χ0n) is 15.7. The van der Waals surface area contributed by atoms with Gasteiger partial charge >= 0.3 is 12.2 Å². The summed E-state index contributed by atoms with van der Waals surface area (Å²) in [6.45, 7) is 6.70. The summed E-state index contributed by atoms with van der Waals surface area (Å²) < 4.78 is 43.2. The predicted molar refractivity (Wildman–Crippen MR) is 94.5 cm³/mol. The third-order valence-corrected chi connectivity index (χ3v) is 4.22. The molecule has 1 aliphatic heterocycles. The third-order valence-electron chi connectivity index (χ3n) is 4.22. The molecule has 2 amide bonds. The molecule has 3 rings (SSSR count). The molecular formula is C17H21F3N6O2. The summed E-state index contributed by atoms with van der Waals surface area (Å²) >= 11 is 0. The number of halogens is 3. The highest BCUT2D eigenvalue weighted by molar-refractivity contribution is 5.89. The molecule has 1 N–H and O–H groups in total. The molecule has 152 valence electrons. The van der Waals surface area contributed by atoms with E-state index in [2.05, 4.69) is 20.4 Å². The van der Waals surface area contributed by atoms with Crippen LogP contribution >= 0.6 is 0 Å². The molecule has 0 bridgehead atoms. The van der Waals surface area contributed by atoms with Crippen molar-refractivity contribution < 1.29 is 22.5 Å². The molecule has 2 aromatic heterocycles. The van der Waals surface area contributed by atoms with Crippen molar-refractivity contribution in [3.63, 3.8) is 0 Å². The van der Waals surface area contributed by atoms with E-state index in [1.807, 2.05) is 20.8 Å². The lowest BCUT2D eigenvalue weighted by Gasteiger charge is -2.38. The van der Waals surface area contributed by atoms with E-state index in [0.29, 0.717) is 25.0 Å². The fourth-order valence-electron chi connectivity index (χ4n) is 2.67. The highest BCUT2D eigenvalue weighted by atomic mass is 19.4. The summed E-state index contributed by atoms with van der Waals surface area (Å²) in [4.78, 5) is 19.9. The van der Waals surface area contributed by atoms with Crippen LogP contribution in [0.5, 0.6) is 0 Å². The minimum absolute atomic E-state index is 0.163. The van der Waals surface area contributed by atoms with Gasteiger partial charge in [0.05, 0.1) is 18.1 Å². The second kappa shape index (κ2) is 7.28. The lowest BCUT2D eigenvalue weighted by Crippen LogP contribution is -2.52. The monoisotopic (exact) mass is 398 g/mol. The number of nitrogens with one attached hydrogen (secondary N) is 1. The summed E-state index contributed by atoms with van der Waals surface area (Å²) in [6, 6.07) is 1.16. The van der Waals surface area contributed by atoms with E-state index in [1.54, 1.807) is 6.07 Å². The third kappa shape index (κ3) is 4.34. The Kier molecular flexibility index (Phi) is 5.18. The number of hydrogen-bond acceptors (Lipinski definition) is 6. The standard InChI is InChI=1S/C17H21F3N6O2/c1-16(2,3)11-8-14(28-24-11)23-15(27)26-7-5-4-6-25(26)13-10-21-12(9-22-13)17(18,19)20/h8-10H,4-7H2,1-3H3,(H,23,27). The van der Waals surface area contributed by atoms with Crippen LogP contribution in [0.15, 0.2) is 23.0 Å². The smallest absolute Gasteiger partial charge is 0.338 e. The van der Waals surface area contributed by atoms with Crippen molar-refractivity contribution in [2.24, 2.45) is 0 Å². The Morgan fingerprint density at radius 3 is 2.39 bits per heavy atom. The largest absolute Gasteiger partial charge is 0.434 e. The lowest BCUT2D eigenvalue weighted by atomic mass is 9.92. The molecule has 1 saturated heterocycles. The maximum Gasteiger partial charge on any atom is 0.434 e. The molecule has 1 aliphatic rings. The van der Waals surface area contributed by atoms with Gasteiger partial charge in [-0.2, -0.15) is 13.2 Å².